The van der Waals surface area contributed by atoms with E-state index in [9.17, 15) is 9.59 Å². The number of alkyl halides is 1. The number of aldehydes is 1. The quantitative estimate of drug-likeness (QED) is 0.454. The van der Waals surface area contributed by atoms with Gasteiger partial charge in [0.1, 0.15) is 11.8 Å². The first-order chi connectivity index (χ1) is 11.6. The minimum atomic E-state index is -0.750. The van der Waals surface area contributed by atoms with Crippen molar-refractivity contribution in [2.45, 2.75) is 24.8 Å². The molecule has 1 saturated heterocycles. The fourth-order valence-electron chi connectivity index (χ4n) is 3.34. The van der Waals surface area contributed by atoms with Crippen molar-refractivity contribution in [1.29, 1.82) is 0 Å². The minimum Gasteiger partial charge on any atom is -0.493 e. The first-order valence-electron chi connectivity index (χ1n) is 8.08. The van der Waals surface area contributed by atoms with Gasteiger partial charge in [-0.25, -0.2) is 0 Å². The van der Waals surface area contributed by atoms with Crippen LogP contribution in [0.1, 0.15) is 29.6 Å². The molecule has 0 aromatic heterocycles. The first-order valence-corrected chi connectivity index (χ1v) is 9.20. The summed E-state index contributed by atoms with van der Waals surface area (Å²) in [5.41, 5.74) is 0.455. The van der Waals surface area contributed by atoms with E-state index in [2.05, 4.69) is 21.2 Å². The lowest BCUT2D eigenvalue weighted by molar-refractivity contribution is -0.115. The normalized spacial score (nSPS) is 22.2. The van der Waals surface area contributed by atoms with Gasteiger partial charge in [-0.2, -0.15) is 0 Å². The molecule has 0 saturated carbocycles. The van der Waals surface area contributed by atoms with E-state index < -0.39 is 5.54 Å². The summed E-state index contributed by atoms with van der Waals surface area (Å²) in [4.78, 5) is 26.3. The van der Waals surface area contributed by atoms with Gasteiger partial charge in [0.25, 0.3) is 5.91 Å². The lowest BCUT2D eigenvalue weighted by atomic mass is 9.98. The number of nitrogens with one attached hydrogen (secondary N) is 1. The minimum absolute atomic E-state index is 0.134. The van der Waals surface area contributed by atoms with E-state index in [4.69, 9.17) is 9.47 Å². The monoisotopic (exact) mass is 396 g/mol. The summed E-state index contributed by atoms with van der Waals surface area (Å²) in [6.07, 6.45) is 3.30. The Hall–Kier alpha value is -1.76. The second-order valence-electron chi connectivity index (χ2n) is 6.07. The molecule has 130 valence electrons. The zero-order chi connectivity index (χ0) is 17.2. The van der Waals surface area contributed by atoms with E-state index in [0.717, 1.165) is 24.5 Å². The van der Waals surface area contributed by atoms with E-state index in [1.165, 1.54) is 0 Å². The maximum atomic E-state index is 12.9. The van der Waals surface area contributed by atoms with Gasteiger partial charge in [0.15, 0.2) is 11.5 Å². The zero-order valence-electron chi connectivity index (χ0n) is 13.6. The highest BCUT2D eigenvalue weighted by molar-refractivity contribution is 9.09. The molecule has 6 nitrogen and oxygen atoms in total. The molecule has 1 fully saturated rings. The summed E-state index contributed by atoms with van der Waals surface area (Å²) < 4.78 is 11.2. The molecule has 1 aromatic carbocycles. The van der Waals surface area contributed by atoms with Gasteiger partial charge >= 0.3 is 0 Å². The van der Waals surface area contributed by atoms with Crippen LogP contribution in [0.2, 0.25) is 0 Å². The number of ether oxygens (including phenoxy) is 2. The Morgan fingerprint density at radius 2 is 2.25 bits per heavy atom. The number of rotatable bonds is 6. The van der Waals surface area contributed by atoms with Crippen molar-refractivity contribution >= 4 is 33.8 Å². The smallest absolute Gasteiger partial charge is 0.256 e. The van der Waals surface area contributed by atoms with Crippen molar-refractivity contribution in [3.05, 3.63) is 17.7 Å². The number of halogens is 1. The lowest BCUT2D eigenvalue weighted by Crippen LogP contribution is -2.51. The molecule has 1 atom stereocenters. The molecule has 0 bridgehead atoms. The second kappa shape index (κ2) is 7.01. The third-order valence-electron chi connectivity index (χ3n) is 4.65. The van der Waals surface area contributed by atoms with E-state index in [1.54, 1.807) is 24.1 Å². The van der Waals surface area contributed by atoms with E-state index in [-0.39, 0.29) is 5.91 Å². The number of anilines is 1. The number of nitrogens with zero attached hydrogens (tertiary/aromatic N) is 1. The summed E-state index contributed by atoms with van der Waals surface area (Å²) in [6.45, 7) is 1.58. The van der Waals surface area contributed by atoms with Crippen LogP contribution in [0.25, 0.3) is 0 Å². The standard InChI is InChI=1S/C17H21BrN2O4/c1-23-14-8-12-13(9-15(14)24-7-3-5-18)19-10-17(11-21)4-2-6-20(17)16(12)22/h8-9,11,19H,2-7,10H2,1H3. The van der Waals surface area contributed by atoms with Crippen LogP contribution in [-0.2, 0) is 4.79 Å². The highest BCUT2D eigenvalue weighted by Gasteiger charge is 2.46. The molecule has 0 radical (unpaired) electrons. The van der Waals surface area contributed by atoms with Crippen LogP contribution in [0.4, 0.5) is 5.69 Å². The van der Waals surface area contributed by atoms with Gasteiger partial charge < -0.3 is 24.5 Å². The molecular weight excluding hydrogens is 376 g/mol. The van der Waals surface area contributed by atoms with Gasteiger partial charge in [0.05, 0.1) is 25.0 Å². The van der Waals surface area contributed by atoms with Crippen LogP contribution in [0.5, 0.6) is 11.5 Å². The van der Waals surface area contributed by atoms with E-state index >= 15 is 0 Å². The maximum Gasteiger partial charge on any atom is 0.256 e. The SMILES string of the molecule is COc1cc2c(cc1OCCCBr)NCC1(C=O)CCCN1C2=O. The zero-order valence-corrected chi connectivity index (χ0v) is 15.2. The molecule has 7 heteroatoms. The first kappa shape index (κ1) is 17.1. The highest BCUT2D eigenvalue weighted by Crippen LogP contribution is 2.39. The summed E-state index contributed by atoms with van der Waals surface area (Å²) in [7, 11) is 1.55. The number of amides is 1. The molecule has 2 aliphatic heterocycles. The number of carbonyl (C=O) groups excluding carboxylic acids is 2. The molecule has 1 amide bonds. The average Bonchev–Trinajstić information content (AvgIpc) is 2.99. The predicted molar refractivity (Wildman–Crippen MR) is 94.5 cm³/mol. The van der Waals surface area contributed by atoms with Crippen LogP contribution in [0.3, 0.4) is 0 Å². The fraction of sp³-hybridized carbons (Fsp3) is 0.529. The lowest BCUT2D eigenvalue weighted by Gasteiger charge is -2.31. The Bertz CT molecular complexity index is 652. The number of hydrogen-bond acceptors (Lipinski definition) is 5. The molecule has 1 N–H and O–H groups in total. The number of hydrogen-bond donors (Lipinski definition) is 1. The van der Waals surface area contributed by atoms with Gasteiger partial charge in [-0.3, -0.25) is 4.79 Å². The summed E-state index contributed by atoms with van der Waals surface area (Å²) in [6, 6.07) is 3.49. The number of benzene rings is 1. The van der Waals surface area contributed by atoms with Crippen LogP contribution < -0.4 is 14.8 Å². The molecule has 2 aliphatic rings. The van der Waals surface area contributed by atoms with Gasteiger partial charge in [0, 0.05) is 24.5 Å². The van der Waals surface area contributed by atoms with Crippen molar-refractivity contribution in [2.75, 3.05) is 37.5 Å². The van der Waals surface area contributed by atoms with Gasteiger partial charge in [-0.1, -0.05) is 15.9 Å². The summed E-state index contributed by atoms with van der Waals surface area (Å²) in [5, 5.41) is 4.12. The Morgan fingerprint density at radius 3 is 2.96 bits per heavy atom. The molecule has 0 spiro atoms. The summed E-state index contributed by atoms with van der Waals surface area (Å²) >= 11 is 3.37. The number of carbonyl (C=O) groups is 2. The molecular formula is C17H21BrN2O4. The number of methoxy groups -OCH3 is 1. The Labute approximate surface area is 149 Å². The second-order valence-corrected chi connectivity index (χ2v) is 6.87. The molecule has 1 aromatic rings. The number of fused-ring (bicyclic) bond motifs is 2. The summed E-state index contributed by atoms with van der Waals surface area (Å²) in [5.74, 6) is 0.987. The molecule has 3 rings (SSSR count). The Balaban J connectivity index is 1.96. The van der Waals surface area contributed by atoms with E-state index in [1.807, 2.05) is 0 Å². The molecule has 24 heavy (non-hydrogen) atoms. The molecule has 0 aliphatic carbocycles. The average molecular weight is 397 g/mol. The maximum absolute atomic E-state index is 12.9. The Morgan fingerprint density at radius 1 is 1.42 bits per heavy atom. The molecule has 1 unspecified atom stereocenters. The Kier molecular flexibility index (Phi) is 4.99. The van der Waals surface area contributed by atoms with Crippen LogP contribution in [-0.4, -0.2) is 54.8 Å². The van der Waals surface area contributed by atoms with E-state index in [0.29, 0.717) is 48.9 Å². The van der Waals surface area contributed by atoms with Gasteiger partial charge in [-0.15, -0.1) is 0 Å². The van der Waals surface area contributed by atoms with Crippen LogP contribution in [0, 0.1) is 0 Å². The van der Waals surface area contributed by atoms with Crippen molar-refractivity contribution in [2.24, 2.45) is 0 Å². The van der Waals surface area contributed by atoms with Crippen molar-refractivity contribution in [1.82, 2.24) is 4.90 Å². The van der Waals surface area contributed by atoms with Crippen LogP contribution in [0.15, 0.2) is 12.1 Å². The third-order valence-corrected chi connectivity index (χ3v) is 5.21. The molecule has 2 heterocycles. The highest BCUT2D eigenvalue weighted by atomic mass is 79.9. The third kappa shape index (κ3) is 2.85. The van der Waals surface area contributed by atoms with Crippen molar-refractivity contribution in [3.8, 4) is 11.5 Å². The van der Waals surface area contributed by atoms with Crippen molar-refractivity contribution < 1.29 is 19.1 Å². The van der Waals surface area contributed by atoms with Gasteiger partial charge in [-0.05, 0) is 25.3 Å². The van der Waals surface area contributed by atoms with Crippen molar-refractivity contribution in [3.63, 3.8) is 0 Å². The topological polar surface area (TPSA) is 67.9 Å². The largest absolute Gasteiger partial charge is 0.493 e. The van der Waals surface area contributed by atoms with Gasteiger partial charge in [0.2, 0.25) is 0 Å². The fourth-order valence-corrected chi connectivity index (χ4v) is 3.57. The van der Waals surface area contributed by atoms with Crippen LogP contribution >= 0.6 is 15.9 Å². The predicted octanol–water partition coefficient (Wildman–Crippen LogP) is 2.46.